The Balaban J connectivity index is 1.80. The van der Waals surface area contributed by atoms with Crippen molar-refractivity contribution in [2.45, 2.75) is 45.3 Å². The molecule has 2 nitrogen and oxygen atoms in total. The zero-order valence-electron chi connectivity index (χ0n) is 10.8. The average molecular weight is 230 g/mol. The van der Waals surface area contributed by atoms with E-state index in [1.54, 1.807) is 0 Å². The highest BCUT2D eigenvalue weighted by Crippen LogP contribution is 2.46. The van der Waals surface area contributed by atoms with Crippen molar-refractivity contribution in [3.63, 3.8) is 0 Å². The van der Waals surface area contributed by atoms with Crippen LogP contribution in [0.4, 0.5) is 0 Å². The summed E-state index contributed by atoms with van der Waals surface area (Å²) in [6.45, 7) is 6.83. The lowest BCUT2D eigenvalue weighted by atomic mass is 9.99. The molecule has 1 aliphatic carbocycles. The van der Waals surface area contributed by atoms with Gasteiger partial charge in [-0.1, -0.05) is 38.1 Å². The molecule has 1 aromatic carbocycles. The highest BCUT2D eigenvalue weighted by Gasteiger charge is 2.46. The summed E-state index contributed by atoms with van der Waals surface area (Å²) >= 11 is 0. The first kappa shape index (κ1) is 11.2. The molecule has 1 aliphatic heterocycles. The highest BCUT2D eigenvalue weighted by atomic mass is 15.0. The van der Waals surface area contributed by atoms with E-state index in [9.17, 15) is 0 Å². The molecule has 0 bridgehead atoms. The Morgan fingerprint density at radius 2 is 2.06 bits per heavy atom. The molecule has 0 aromatic heterocycles. The van der Waals surface area contributed by atoms with Gasteiger partial charge in [-0.25, -0.2) is 0 Å². The Kier molecular flexibility index (Phi) is 2.72. The lowest BCUT2D eigenvalue weighted by molar-refractivity contribution is 0.449. The summed E-state index contributed by atoms with van der Waals surface area (Å²) in [4.78, 5) is 0. The zero-order chi connectivity index (χ0) is 11.9. The maximum Gasteiger partial charge on any atom is 0.0338 e. The van der Waals surface area contributed by atoms with Gasteiger partial charge in [-0.2, -0.15) is 0 Å². The van der Waals surface area contributed by atoms with Crippen molar-refractivity contribution in [1.82, 2.24) is 10.6 Å². The SMILES string of the molecule is CC1(C)CC1NC1CCNCc2ccccc21. The molecule has 92 valence electrons. The number of benzene rings is 1. The predicted molar refractivity (Wildman–Crippen MR) is 70.8 cm³/mol. The van der Waals surface area contributed by atoms with Crippen molar-refractivity contribution in [3.8, 4) is 0 Å². The van der Waals surface area contributed by atoms with Crippen molar-refractivity contribution in [3.05, 3.63) is 35.4 Å². The quantitative estimate of drug-likeness (QED) is 0.816. The molecule has 2 aliphatic rings. The molecule has 1 fully saturated rings. The van der Waals surface area contributed by atoms with E-state index in [0.717, 1.165) is 13.1 Å². The van der Waals surface area contributed by atoms with Crippen molar-refractivity contribution >= 4 is 0 Å². The van der Waals surface area contributed by atoms with Crippen LogP contribution in [-0.2, 0) is 6.54 Å². The van der Waals surface area contributed by atoms with Crippen LogP contribution in [0.15, 0.2) is 24.3 Å². The van der Waals surface area contributed by atoms with Gasteiger partial charge in [-0.3, -0.25) is 0 Å². The van der Waals surface area contributed by atoms with Gasteiger partial charge in [0, 0.05) is 18.6 Å². The first-order valence-electron chi connectivity index (χ1n) is 6.71. The molecular weight excluding hydrogens is 208 g/mol. The zero-order valence-corrected chi connectivity index (χ0v) is 10.8. The lowest BCUT2D eigenvalue weighted by Crippen LogP contribution is -2.27. The van der Waals surface area contributed by atoms with E-state index in [1.807, 2.05) is 0 Å². The normalized spacial score (nSPS) is 30.5. The van der Waals surface area contributed by atoms with Gasteiger partial charge in [-0.05, 0) is 35.9 Å². The largest absolute Gasteiger partial charge is 0.313 e. The summed E-state index contributed by atoms with van der Waals surface area (Å²) in [5.41, 5.74) is 3.47. The molecule has 2 N–H and O–H groups in total. The van der Waals surface area contributed by atoms with E-state index in [0.29, 0.717) is 17.5 Å². The van der Waals surface area contributed by atoms with E-state index in [1.165, 1.54) is 24.0 Å². The van der Waals surface area contributed by atoms with Crippen LogP contribution in [0.5, 0.6) is 0 Å². The fourth-order valence-corrected chi connectivity index (χ4v) is 2.83. The Bertz CT molecular complexity index is 411. The molecule has 3 rings (SSSR count). The van der Waals surface area contributed by atoms with Gasteiger partial charge < -0.3 is 10.6 Å². The van der Waals surface area contributed by atoms with Crippen molar-refractivity contribution in [2.75, 3.05) is 6.54 Å². The summed E-state index contributed by atoms with van der Waals surface area (Å²) in [5, 5.41) is 7.35. The van der Waals surface area contributed by atoms with E-state index in [2.05, 4.69) is 48.7 Å². The molecule has 2 unspecified atom stereocenters. The third-order valence-corrected chi connectivity index (χ3v) is 4.27. The Morgan fingerprint density at radius 3 is 2.82 bits per heavy atom. The fraction of sp³-hybridized carbons (Fsp3) is 0.600. The van der Waals surface area contributed by atoms with E-state index < -0.39 is 0 Å². The van der Waals surface area contributed by atoms with Crippen molar-refractivity contribution in [1.29, 1.82) is 0 Å². The topological polar surface area (TPSA) is 24.1 Å². The van der Waals surface area contributed by atoms with Crippen LogP contribution in [0.3, 0.4) is 0 Å². The van der Waals surface area contributed by atoms with Crippen molar-refractivity contribution in [2.24, 2.45) is 5.41 Å². The van der Waals surface area contributed by atoms with Crippen molar-refractivity contribution < 1.29 is 0 Å². The monoisotopic (exact) mass is 230 g/mol. The minimum absolute atomic E-state index is 0.509. The van der Waals surface area contributed by atoms with Gasteiger partial charge in [0.25, 0.3) is 0 Å². The summed E-state index contributed by atoms with van der Waals surface area (Å²) in [6.07, 6.45) is 2.52. The second-order valence-corrected chi connectivity index (χ2v) is 6.13. The van der Waals surface area contributed by atoms with Crippen LogP contribution in [-0.4, -0.2) is 12.6 Å². The van der Waals surface area contributed by atoms with Gasteiger partial charge in [-0.15, -0.1) is 0 Å². The summed E-state index contributed by atoms with van der Waals surface area (Å²) in [7, 11) is 0. The van der Waals surface area contributed by atoms with Crippen LogP contribution >= 0.6 is 0 Å². The molecule has 1 saturated carbocycles. The van der Waals surface area contributed by atoms with Crippen LogP contribution in [0.25, 0.3) is 0 Å². The molecule has 0 amide bonds. The number of hydrogen-bond acceptors (Lipinski definition) is 2. The fourth-order valence-electron chi connectivity index (χ4n) is 2.83. The van der Waals surface area contributed by atoms with E-state index in [-0.39, 0.29) is 0 Å². The number of nitrogens with one attached hydrogen (secondary N) is 2. The second-order valence-electron chi connectivity index (χ2n) is 6.13. The summed E-state index contributed by atoms with van der Waals surface area (Å²) in [6, 6.07) is 10.1. The lowest BCUT2D eigenvalue weighted by Gasteiger charge is -2.20. The third-order valence-electron chi connectivity index (χ3n) is 4.27. The first-order chi connectivity index (χ1) is 8.17. The first-order valence-corrected chi connectivity index (χ1v) is 6.71. The average Bonchev–Trinajstić information content (AvgIpc) is 2.96. The maximum atomic E-state index is 3.84. The van der Waals surface area contributed by atoms with Gasteiger partial charge >= 0.3 is 0 Å². The molecule has 2 heteroatoms. The molecule has 1 heterocycles. The minimum Gasteiger partial charge on any atom is -0.313 e. The molecule has 0 spiro atoms. The van der Waals surface area contributed by atoms with Gasteiger partial charge in [0.1, 0.15) is 0 Å². The Morgan fingerprint density at radius 1 is 1.29 bits per heavy atom. The third kappa shape index (κ3) is 2.24. The van der Waals surface area contributed by atoms with E-state index >= 15 is 0 Å². The van der Waals surface area contributed by atoms with Crippen LogP contribution in [0.2, 0.25) is 0 Å². The van der Waals surface area contributed by atoms with E-state index in [4.69, 9.17) is 0 Å². The molecule has 1 aromatic rings. The van der Waals surface area contributed by atoms with Gasteiger partial charge in [0.05, 0.1) is 0 Å². The maximum absolute atomic E-state index is 3.84. The predicted octanol–water partition coefficient (Wildman–Crippen LogP) is 2.61. The Hall–Kier alpha value is -0.860. The van der Waals surface area contributed by atoms with Crippen LogP contribution in [0.1, 0.15) is 43.9 Å². The molecule has 0 saturated heterocycles. The minimum atomic E-state index is 0.509. The summed E-state index contributed by atoms with van der Waals surface area (Å²) in [5.74, 6) is 0. The Labute approximate surface area is 104 Å². The highest BCUT2D eigenvalue weighted by molar-refractivity contribution is 5.31. The summed E-state index contributed by atoms with van der Waals surface area (Å²) < 4.78 is 0. The van der Waals surface area contributed by atoms with Crippen LogP contribution < -0.4 is 10.6 Å². The molecular formula is C15H22N2. The van der Waals surface area contributed by atoms with Gasteiger partial charge in [0.15, 0.2) is 0 Å². The molecule has 0 radical (unpaired) electrons. The number of fused-ring (bicyclic) bond motifs is 1. The smallest absolute Gasteiger partial charge is 0.0338 e. The van der Waals surface area contributed by atoms with Gasteiger partial charge in [0.2, 0.25) is 0 Å². The number of hydrogen-bond donors (Lipinski definition) is 2. The molecule has 17 heavy (non-hydrogen) atoms. The standard InChI is InChI=1S/C15H22N2/c1-15(2)9-14(15)17-13-7-8-16-10-11-5-3-4-6-12(11)13/h3-6,13-14,16-17H,7-10H2,1-2H3. The second kappa shape index (κ2) is 4.11. The molecule has 2 atom stereocenters. The van der Waals surface area contributed by atoms with Crippen LogP contribution in [0, 0.1) is 5.41 Å². The number of rotatable bonds is 2.